The normalized spacial score (nSPS) is 16.4. The number of rotatable bonds is 3. The Bertz CT molecular complexity index is 583. The van der Waals surface area contributed by atoms with E-state index in [2.05, 4.69) is 20.3 Å². The van der Waals surface area contributed by atoms with E-state index >= 15 is 0 Å². The highest BCUT2D eigenvalue weighted by Gasteiger charge is 2.24. The van der Waals surface area contributed by atoms with Gasteiger partial charge in [-0.2, -0.15) is 5.11 Å². The minimum atomic E-state index is -0.940. The molecule has 0 bridgehead atoms. The van der Waals surface area contributed by atoms with Crippen molar-refractivity contribution in [1.82, 2.24) is 5.32 Å². The van der Waals surface area contributed by atoms with Gasteiger partial charge >= 0.3 is 11.9 Å². The Balaban J connectivity index is 2.04. The molecular formula is C13H13N3O4. The minimum absolute atomic E-state index is 0.0748. The fraction of sp³-hybridized carbons (Fsp3) is 0.308. The summed E-state index contributed by atoms with van der Waals surface area (Å²) < 4.78 is 4.57. The van der Waals surface area contributed by atoms with Gasteiger partial charge in [-0.25, -0.2) is 4.79 Å². The number of nitrogens with one attached hydrogen (secondary N) is 1. The van der Waals surface area contributed by atoms with Crippen LogP contribution in [-0.4, -0.2) is 30.9 Å². The van der Waals surface area contributed by atoms with E-state index in [-0.39, 0.29) is 13.2 Å². The summed E-state index contributed by atoms with van der Waals surface area (Å²) in [6.07, 6.45) is 0. The number of esters is 1. The Hall–Kier alpha value is -2.57. The average Bonchev–Trinajstić information content (AvgIpc) is 2.47. The van der Waals surface area contributed by atoms with E-state index in [1.807, 2.05) is 0 Å². The van der Waals surface area contributed by atoms with Crippen LogP contribution in [0.3, 0.4) is 0 Å². The van der Waals surface area contributed by atoms with E-state index in [1.54, 1.807) is 31.2 Å². The number of carbonyl (C=O) groups is 3. The van der Waals surface area contributed by atoms with Crippen molar-refractivity contribution in [2.45, 2.75) is 13.0 Å². The lowest BCUT2D eigenvalue weighted by atomic mass is 9.99. The van der Waals surface area contributed by atoms with E-state index < -0.39 is 23.8 Å². The van der Waals surface area contributed by atoms with Crippen LogP contribution in [0.15, 0.2) is 34.5 Å². The van der Waals surface area contributed by atoms with Crippen LogP contribution in [0.25, 0.3) is 0 Å². The van der Waals surface area contributed by atoms with Crippen LogP contribution in [0.2, 0.25) is 0 Å². The first-order valence-corrected chi connectivity index (χ1v) is 6.12. The van der Waals surface area contributed by atoms with Crippen LogP contribution >= 0.6 is 0 Å². The summed E-state index contributed by atoms with van der Waals surface area (Å²) in [7, 11) is 0. The van der Waals surface area contributed by atoms with Gasteiger partial charge in [-0.1, -0.05) is 18.2 Å². The first-order chi connectivity index (χ1) is 9.63. The van der Waals surface area contributed by atoms with E-state index in [4.69, 9.17) is 0 Å². The predicted octanol–water partition coefficient (Wildman–Crippen LogP) is 1.01. The molecule has 0 aliphatic carbocycles. The number of benzene rings is 1. The van der Waals surface area contributed by atoms with E-state index in [1.165, 1.54) is 0 Å². The van der Waals surface area contributed by atoms with E-state index in [9.17, 15) is 14.4 Å². The number of azo groups is 1. The summed E-state index contributed by atoms with van der Waals surface area (Å²) in [4.78, 5) is 34.1. The van der Waals surface area contributed by atoms with Gasteiger partial charge in [0.1, 0.15) is 6.04 Å². The number of ether oxygens (including phenoxy) is 1. The van der Waals surface area contributed by atoms with Crippen molar-refractivity contribution >= 4 is 17.8 Å². The zero-order valence-electron chi connectivity index (χ0n) is 10.8. The Morgan fingerprint density at radius 3 is 2.85 bits per heavy atom. The molecule has 7 nitrogen and oxygen atoms in total. The number of hydrogen-bond donors (Lipinski definition) is 1. The van der Waals surface area contributed by atoms with E-state index in [0.29, 0.717) is 11.1 Å². The van der Waals surface area contributed by atoms with Crippen LogP contribution < -0.4 is 5.32 Å². The molecule has 0 spiro atoms. The molecule has 1 aliphatic rings. The van der Waals surface area contributed by atoms with Crippen LogP contribution in [0.4, 0.5) is 0 Å². The van der Waals surface area contributed by atoms with Crippen molar-refractivity contribution < 1.29 is 19.1 Å². The Morgan fingerprint density at radius 2 is 2.10 bits per heavy atom. The number of nitrogens with zero attached hydrogens (tertiary/aromatic N) is 2. The van der Waals surface area contributed by atoms with Crippen molar-refractivity contribution in [3.05, 3.63) is 35.4 Å². The lowest BCUT2D eigenvalue weighted by molar-refractivity contribution is -0.154. The van der Waals surface area contributed by atoms with Gasteiger partial charge in [0.05, 0.1) is 6.61 Å². The van der Waals surface area contributed by atoms with Crippen molar-refractivity contribution in [3.63, 3.8) is 0 Å². The van der Waals surface area contributed by atoms with Crippen molar-refractivity contribution in [3.8, 4) is 0 Å². The summed E-state index contributed by atoms with van der Waals surface area (Å²) in [6.45, 7) is 1.82. The summed E-state index contributed by atoms with van der Waals surface area (Å²) in [5.74, 6) is -2.19. The van der Waals surface area contributed by atoms with Gasteiger partial charge in [0.25, 0.3) is 5.91 Å². The highest BCUT2D eigenvalue weighted by Crippen LogP contribution is 2.26. The standard InChI is InChI=1S/C13H13N3O4/c1-2-20-13(19)12(18)14-7-10-8-5-3-4-6-9(8)11(17)16-15-10/h3-6,10H,2,7H2,1H3,(H,14,18). The largest absolute Gasteiger partial charge is 0.459 e. The Kier molecular flexibility index (Phi) is 4.19. The SMILES string of the molecule is CCOC(=O)C(=O)NCC1N=NC(=O)c2ccccc21. The monoisotopic (exact) mass is 275 g/mol. The van der Waals surface area contributed by atoms with Crippen molar-refractivity contribution in [2.24, 2.45) is 10.2 Å². The fourth-order valence-corrected chi connectivity index (χ4v) is 1.83. The molecule has 1 unspecified atom stereocenters. The summed E-state index contributed by atoms with van der Waals surface area (Å²) >= 11 is 0. The molecule has 2 amide bonds. The second-order valence-electron chi connectivity index (χ2n) is 4.05. The lowest BCUT2D eigenvalue weighted by Gasteiger charge is -2.18. The third-order valence-electron chi connectivity index (χ3n) is 2.75. The second kappa shape index (κ2) is 6.05. The zero-order valence-corrected chi connectivity index (χ0v) is 10.8. The van der Waals surface area contributed by atoms with Gasteiger partial charge in [0.2, 0.25) is 0 Å². The minimum Gasteiger partial charge on any atom is -0.459 e. The smallest absolute Gasteiger partial charge is 0.396 e. The molecule has 1 aliphatic heterocycles. The first-order valence-electron chi connectivity index (χ1n) is 6.12. The predicted molar refractivity (Wildman–Crippen MR) is 68.0 cm³/mol. The maximum atomic E-state index is 11.5. The zero-order chi connectivity index (χ0) is 14.5. The highest BCUT2D eigenvalue weighted by molar-refractivity contribution is 6.32. The van der Waals surface area contributed by atoms with Crippen molar-refractivity contribution in [1.29, 1.82) is 0 Å². The Morgan fingerprint density at radius 1 is 1.35 bits per heavy atom. The maximum absolute atomic E-state index is 11.5. The number of amides is 2. The van der Waals surface area contributed by atoms with Gasteiger partial charge in [0.15, 0.2) is 0 Å². The summed E-state index contributed by atoms with van der Waals surface area (Å²) in [5.41, 5.74) is 1.13. The topological polar surface area (TPSA) is 97.2 Å². The third-order valence-corrected chi connectivity index (χ3v) is 2.75. The van der Waals surface area contributed by atoms with Gasteiger partial charge in [-0.3, -0.25) is 9.59 Å². The van der Waals surface area contributed by atoms with Gasteiger partial charge in [-0.15, -0.1) is 5.11 Å². The molecule has 0 saturated carbocycles. The molecular weight excluding hydrogens is 262 g/mol. The number of fused-ring (bicyclic) bond motifs is 1. The molecule has 0 saturated heterocycles. The number of carbonyl (C=O) groups excluding carboxylic acids is 3. The molecule has 1 heterocycles. The maximum Gasteiger partial charge on any atom is 0.396 e. The first kappa shape index (κ1) is 13.9. The number of hydrogen-bond acceptors (Lipinski definition) is 5. The highest BCUT2D eigenvalue weighted by atomic mass is 16.5. The molecule has 7 heteroatoms. The van der Waals surface area contributed by atoms with Crippen LogP contribution in [0.5, 0.6) is 0 Å². The van der Waals surface area contributed by atoms with Gasteiger partial charge in [-0.05, 0) is 18.6 Å². The Labute approximate surface area is 115 Å². The molecule has 0 radical (unpaired) electrons. The fourth-order valence-electron chi connectivity index (χ4n) is 1.83. The van der Waals surface area contributed by atoms with E-state index in [0.717, 1.165) is 0 Å². The lowest BCUT2D eigenvalue weighted by Crippen LogP contribution is -2.35. The van der Waals surface area contributed by atoms with Crippen LogP contribution in [0, 0.1) is 0 Å². The molecule has 0 aromatic heterocycles. The molecule has 1 aromatic carbocycles. The van der Waals surface area contributed by atoms with Crippen LogP contribution in [-0.2, 0) is 14.3 Å². The summed E-state index contributed by atoms with van der Waals surface area (Å²) in [6, 6.07) is 6.41. The molecule has 20 heavy (non-hydrogen) atoms. The average molecular weight is 275 g/mol. The molecule has 104 valence electrons. The van der Waals surface area contributed by atoms with Crippen LogP contribution in [0.1, 0.15) is 28.9 Å². The molecule has 0 fully saturated rings. The summed E-state index contributed by atoms with van der Waals surface area (Å²) in [5, 5.41) is 9.78. The third kappa shape index (κ3) is 2.87. The van der Waals surface area contributed by atoms with Crippen molar-refractivity contribution in [2.75, 3.05) is 13.2 Å². The molecule has 2 rings (SSSR count). The molecule has 1 aromatic rings. The molecule has 1 N–H and O–H groups in total. The molecule has 1 atom stereocenters. The quantitative estimate of drug-likeness (QED) is 0.657. The van der Waals surface area contributed by atoms with Gasteiger partial charge < -0.3 is 10.1 Å². The van der Waals surface area contributed by atoms with Gasteiger partial charge in [0, 0.05) is 12.1 Å². The second-order valence-corrected chi connectivity index (χ2v) is 4.05.